The quantitative estimate of drug-likeness (QED) is 0.392. The minimum absolute atomic E-state index is 0.0164. The monoisotopic (exact) mass is 458 g/mol. The molecule has 0 aliphatic heterocycles. The highest BCUT2D eigenvalue weighted by atomic mass is 32.1. The van der Waals surface area contributed by atoms with Crippen molar-refractivity contribution in [1.29, 1.82) is 0 Å². The molecule has 0 saturated carbocycles. The van der Waals surface area contributed by atoms with Crippen molar-refractivity contribution < 1.29 is 9.59 Å². The SMILES string of the molecule is CC(=O)NC(C)c1ccc(-c2csc(NC(=O)c3ccc(-c4ccccc4)[nH]c3=O)n2)cc1. The van der Waals surface area contributed by atoms with E-state index >= 15 is 0 Å². The van der Waals surface area contributed by atoms with E-state index in [2.05, 4.69) is 20.6 Å². The summed E-state index contributed by atoms with van der Waals surface area (Å²) in [7, 11) is 0. The number of carbonyl (C=O) groups is 2. The summed E-state index contributed by atoms with van der Waals surface area (Å²) in [6.07, 6.45) is 0. The molecule has 0 fully saturated rings. The van der Waals surface area contributed by atoms with Crippen LogP contribution in [0, 0.1) is 0 Å². The van der Waals surface area contributed by atoms with Crippen molar-refractivity contribution in [3.63, 3.8) is 0 Å². The van der Waals surface area contributed by atoms with Crippen LogP contribution >= 0.6 is 11.3 Å². The number of thiazole rings is 1. The van der Waals surface area contributed by atoms with E-state index in [1.165, 1.54) is 24.3 Å². The molecule has 0 saturated heterocycles. The molecule has 2 aromatic carbocycles. The highest BCUT2D eigenvalue weighted by molar-refractivity contribution is 7.14. The molecule has 0 spiro atoms. The number of H-pyrrole nitrogens is 1. The molecule has 8 heteroatoms. The van der Waals surface area contributed by atoms with E-state index in [9.17, 15) is 14.4 Å². The van der Waals surface area contributed by atoms with E-state index in [-0.39, 0.29) is 17.5 Å². The summed E-state index contributed by atoms with van der Waals surface area (Å²) in [5.74, 6) is -0.601. The van der Waals surface area contributed by atoms with E-state index in [0.717, 1.165) is 16.7 Å². The smallest absolute Gasteiger partial charge is 0.263 e. The van der Waals surface area contributed by atoms with Crippen LogP contribution in [-0.4, -0.2) is 21.8 Å². The molecule has 3 N–H and O–H groups in total. The van der Waals surface area contributed by atoms with Gasteiger partial charge in [-0.05, 0) is 30.2 Å². The number of hydrogen-bond acceptors (Lipinski definition) is 5. The number of benzene rings is 2. The Morgan fingerprint density at radius 1 is 0.970 bits per heavy atom. The van der Waals surface area contributed by atoms with E-state index in [4.69, 9.17) is 0 Å². The van der Waals surface area contributed by atoms with Crippen molar-refractivity contribution in [1.82, 2.24) is 15.3 Å². The van der Waals surface area contributed by atoms with E-state index in [1.54, 1.807) is 6.07 Å². The Labute approximate surface area is 194 Å². The van der Waals surface area contributed by atoms with Gasteiger partial charge in [0.1, 0.15) is 5.56 Å². The van der Waals surface area contributed by atoms with Crippen LogP contribution in [-0.2, 0) is 4.79 Å². The molecule has 2 heterocycles. The summed E-state index contributed by atoms with van der Waals surface area (Å²) in [5.41, 5.74) is 3.64. The molecule has 33 heavy (non-hydrogen) atoms. The second kappa shape index (κ2) is 9.62. The van der Waals surface area contributed by atoms with Gasteiger partial charge in [-0.25, -0.2) is 4.98 Å². The van der Waals surface area contributed by atoms with Gasteiger partial charge in [0.05, 0.1) is 11.7 Å². The van der Waals surface area contributed by atoms with Gasteiger partial charge in [0.15, 0.2) is 5.13 Å². The average Bonchev–Trinajstić information content (AvgIpc) is 3.27. The third kappa shape index (κ3) is 5.24. The van der Waals surface area contributed by atoms with Crippen LogP contribution < -0.4 is 16.2 Å². The molecule has 4 aromatic rings. The molecule has 0 bridgehead atoms. The van der Waals surface area contributed by atoms with Crippen molar-refractivity contribution in [2.45, 2.75) is 19.9 Å². The maximum atomic E-state index is 12.6. The minimum Gasteiger partial charge on any atom is -0.350 e. The molecule has 166 valence electrons. The summed E-state index contributed by atoms with van der Waals surface area (Å²) in [5, 5.41) is 7.79. The Bertz CT molecular complexity index is 1340. The molecule has 1 atom stereocenters. The van der Waals surface area contributed by atoms with E-state index < -0.39 is 11.5 Å². The molecule has 7 nitrogen and oxygen atoms in total. The number of pyridine rings is 1. The number of nitrogens with one attached hydrogen (secondary N) is 3. The first-order chi connectivity index (χ1) is 15.9. The zero-order chi connectivity index (χ0) is 23.4. The summed E-state index contributed by atoms with van der Waals surface area (Å²) in [4.78, 5) is 43.6. The van der Waals surface area contributed by atoms with Gasteiger partial charge in [-0.15, -0.1) is 11.3 Å². The standard InChI is InChI=1S/C25H22N4O3S/c1-15(26-16(2)30)17-8-10-19(11-9-17)22-14-33-25(28-22)29-24(32)20-12-13-21(27-23(20)31)18-6-4-3-5-7-18/h3-15H,1-2H3,(H,26,30)(H,27,31)(H,28,29,32). The zero-order valence-electron chi connectivity index (χ0n) is 18.1. The first kappa shape index (κ1) is 22.2. The van der Waals surface area contributed by atoms with Gasteiger partial charge in [0, 0.05) is 23.6 Å². The van der Waals surface area contributed by atoms with Crippen LogP contribution in [0.25, 0.3) is 22.5 Å². The Kier molecular flexibility index (Phi) is 6.46. The number of aromatic nitrogens is 2. The fourth-order valence-corrected chi connectivity index (χ4v) is 4.11. The Hall–Kier alpha value is -4.04. The third-order valence-electron chi connectivity index (χ3n) is 5.09. The first-order valence-electron chi connectivity index (χ1n) is 10.3. The minimum atomic E-state index is -0.517. The molecular weight excluding hydrogens is 436 g/mol. The highest BCUT2D eigenvalue weighted by Gasteiger charge is 2.14. The molecule has 0 aliphatic rings. The molecule has 1 unspecified atom stereocenters. The Morgan fingerprint density at radius 2 is 1.70 bits per heavy atom. The zero-order valence-corrected chi connectivity index (χ0v) is 18.9. The van der Waals surface area contributed by atoms with Crippen LogP contribution in [0.1, 0.15) is 35.8 Å². The largest absolute Gasteiger partial charge is 0.350 e. The van der Waals surface area contributed by atoms with Gasteiger partial charge in [0.25, 0.3) is 11.5 Å². The average molecular weight is 459 g/mol. The maximum absolute atomic E-state index is 12.6. The number of carbonyl (C=O) groups excluding carboxylic acids is 2. The van der Waals surface area contributed by atoms with Crippen LogP contribution in [0.5, 0.6) is 0 Å². The second-order valence-electron chi connectivity index (χ2n) is 7.52. The molecule has 2 amide bonds. The summed E-state index contributed by atoms with van der Waals surface area (Å²) >= 11 is 1.28. The van der Waals surface area contributed by atoms with Crippen molar-refractivity contribution in [3.8, 4) is 22.5 Å². The van der Waals surface area contributed by atoms with Gasteiger partial charge in [0.2, 0.25) is 5.91 Å². The third-order valence-corrected chi connectivity index (χ3v) is 5.85. The summed E-state index contributed by atoms with van der Waals surface area (Å²) < 4.78 is 0. The van der Waals surface area contributed by atoms with E-state index in [1.807, 2.05) is 66.9 Å². The first-order valence-corrected chi connectivity index (χ1v) is 11.2. The molecule has 2 aromatic heterocycles. The lowest BCUT2D eigenvalue weighted by atomic mass is 10.1. The van der Waals surface area contributed by atoms with Gasteiger partial charge >= 0.3 is 0 Å². The van der Waals surface area contributed by atoms with Gasteiger partial charge in [-0.1, -0.05) is 54.6 Å². The fraction of sp³-hybridized carbons (Fsp3) is 0.120. The predicted octanol–water partition coefficient (Wildman–Crippen LogP) is 4.61. The Balaban J connectivity index is 1.46. The van der Waals surface area contributed by atoms with Gasteiger partial charge < -0.3 is 10.3 Å². The lowest BCUT2D eigenvalue weighted by Gasteiger charge is -2.13. The highest BCUT2D eigenvalue weighted by Crippen LogP contribution is 2.26. The van der Waals surface area contributed by atoms with Crippen LogP contribution in [0.15, 0.2) is 76.9 Å². The van der Waals surface area contributed by atoms with Crippen LogP contribution in [0.2, 0.25) is 0 Å². The number of anilines is 1. The summed E-state index contributed by atoms with van der Waals surface area (Å²) in [6.45, 7) is 3.41. The number of rotatable bonds is 6. The molecular formula is C25H22N4O3S. The fourth-order valence-electron chi connectivity index (χ4n) is 3.40. The Morgan fingerprint density at radius 3 is 2.36 bits per heavy atom. The van der Waals surface area contributed by atoms with Crippen molar-refractivity contribution in [3.05, 3.63) is 93.6 Å². The lowest BCUT2D eigenvalue weighted by molar-refractivity contribution is -0.119. The number of amides is 2. The normalized spacial score (nSPS) is 11.6. The van der Waals surface area contributed by atoms with Crippen molar-refractivity contribution in [2.75, 3.05) is 5.32 Å². The summed E-state index contributed by atoms with van der Waals surface area (Å²) in [6, 6.07) is 20.3. The molecule has 0 aliphatic carbocycles. The van der Waals surface area contributed by atoms with Crippen LogP contribution in [0.3, 0.4) is 0 Å². The molecule has 0 radical (unpaired) electrons. The van der Waals surface area contributed by atoms with Crippen LogP contribution in [0.4, 0.5) is 5.13 Å². The number of nitrogens with zero attached hydrogens (tertiary/aromatic N) is 1. The maximum Gasteiger partial charge on any atom is 0.263 e. The second-order valence-corrected chi connectivity index (χ2v) is 8.38. The van der Waals surface area contributed by atoms with Gasteiger partial charge in [-0.2, -0.15) is 0 Å². The predicted molar refractivity (Wildman–Crippen MR) is 130 cm³/mol. The van der Waals surface area contributed by atoms with Crippen molar-refractivity contribution >= 4 is 28.3 Å². The number of aromatic amines is 1. The van der Waals surface area contributed by atoms with E-state index in [0.29, 0.717) is 16.5 Å². The van der Waals surface area contributed by atoms with Crippen molar-refractivity contribution in [2.24, 2.45) is 0 Å². The van der Waals surface area contributed by atoms with Gasteiger partial charge in [-0.3, -0.25) is 19.7 Å². The lowest BCUT2D eigenvalue weighted by Crippen LogP contribution is -2.23. The number of hydrogen-bond donors (Lipinski definition) is 3. The topological polar surface area (TPSA) is 104 Å². The molecule has 4 rings (SSSR count).